The van der Waals surface area contributed by atoms with Crippen molar-refractivity contribution >= 4 is 16.9 Å². The van der Waals surface area contributed by atoms with E-state index in [1.54, 1.807) is 0 Å². The lowest BCUT2D eigenvalue weighted by atomic mass is 10.0. The van der Waals surface area contributed by atoms with Crippen LogP contribution in [0.4, 0.5) is 0 Å². The highest BCUT2D eigenvalue weighted by Gasteiger charge is 2.21. The first kappa shape index (κ1) is 18.1. The van der Waals surface area contributed by atoms with Gasteiger partial charge in [-0.1, -0.05) is 36.8 Å². The van der Waals surface area contributed by atoms with Gasteiger partial charge in [0.05, 0.1) is 12.6 Å². The Kier molecular flexibility index (Phi) is 5.31. The number of rotatable bonds is 6. The van der Waals surface area contributed by atoms with E-state index >= 15 is 0 Å². The Hall–Kier alpha value is -2.75. The number of carbonyl (C=O) groups excluding carboxylic acids is 1. The highest BCUT2D eigenvalue weighted by Crippen LogP contribution is 2.29. The Morgan fingerprint density at radius 1 is 1.12 bits per heavy atom. The van der Waals surface area contributed by atoms with E-state index in [2.05, 4.69) is 43.4 Å². The zero-order valence-electron chi connectivity index (χ0n) is 15.8. The summed E-state index contributed by atoms with van der Waals surface area (Å²) in [5.74, 6) is 0.949. The van der Waals surface area contributed by atoms with Crippen molar-refractivity contribution in [3.8, 4) is 5.75 Å². The summed E-state index contributed by atoms with van der Waals surface area (Å²) in [6, 6.07) is 13.8. The van der Waals surface area contributed by atoms with Crippen molar-refractivity contribution in [1.29, 1.82) is 0 Å². The number of benzene rings is 2. The molecule has 0 bridgehead atoms. The van der Waals surface area contributed by atoms with E-state index in [1.165, 1.54) is 5.56 Å². The maximum atomic E-state index is 12.8. The monoisotopic (exact) mass is 351 g/mol. The van der Waals surface area contributed by atoms with Crippen LogP contribution in [0.1, 0.15) is 53.6 Å². The largest absolute Gasteiger partial charge is 0.494 e. The average molecular weight is 351 g/mol. The molecule has 0 unspecified atom stereocenters. The Morgan fingerprint density at radius 3 is 2.50 bits per heavy atom. The molecule has 26 heavy (non-hydrogen) atoms. The summed E-state index contributed by atoms with van der Waals surface area (Å²) in [7, 11) is 0. The molecule has 1 heterocycles. The van der Waals surface area contributed by atoms with E-state index in [1.807, 2.05) is 32.0 Å². The number of hydrogen-bond acceptors (Lipinski definition) is 3. The molecule has 0 aliphatic heterocycles. The third-order valence-electron chi connectivity index (χ3n) is 4.62. The first-order chi connectivity index (χ1) is 12.5. The lowest BCUT2D eigenvalue weighted by Crippen LogP contribution is -2.28. The molecule has 0 aliphatic carbocycles. The van der Waals surface area contributed by atoms with Crippen LogP contribution in [0.3, 0.4) is 0 Å². The van der Waals surface area contributed by atoms with Crippen molar-refractivity contribution in [3.63, 3.8) is 0 Å². The maximum Gasteiger partial charge on any atom is 0.287 e. The van der Waals surface area contributed by atoms with Crippen molar-refractivity contribution < 1.29 is 13.9 Å². The fraction of sp³-hybridized carbons (Fsp3) is 0.318. The van der Waals surface area contributed by atoms with Gasteiger partial charge in [0.2, 0.25) is 0 Å². The van der Waals surface area contributed by atoms with E-state index in [9.17, 15) is 4.79 Å². The van der Waals surface area contributed by atoms with Crippen LogP contribution < -0.4 is 10.1 Å². The van der Waals surface area contributed by atoms with Crippen molar-refractivity contribution in [2.75, 3.05) is 6.61 Å². The number of hydrogen-bond donors (Lipinski definition) is 1. The van der Waals surface area contributed by atoms with Gasteiger partial charge in [-0.3, -0.25) is 4.79 Å². The smallest absolute Gasteiger partial charge is 0.287 e. The molecule has 4 heteroatoms. The van der Waals surface area contributed by atoms with Gasteiger partial charge in [-0.05, 0) is 51.0 Å². The molecule has 1 N–H and O–H groups in total. The predicted molar refractivity (Wildman–Crippen MR) is 104 cm³/mol. The van der Waals surface area contributed by atoms with Gasteiger partial charge >= 0.3 is 0 Å². The molecule has 4 nitrogen and oxygen atoms in total. The first-order valence-corrected chi connectivity index (χ1v) is 9.06. The minimum absolute atomic E-state index is 0.0466. The van der Waals surface area contributed by atoms with Crippen molar-refractivity contribution in [2.45, 2.75) is 40.2 Å². The molecule has 1 atom stereocenters. The number of nitrogens with one attached hydrogen (secondary N) is 1. The van der Waals surface area contributed by atoms with Gasteiger partial charge in [0.15, 0.2) is 5.76 Å². The van der Waals surface area contributed by atoms with Crippen molar-refractivity contribution in [1.82, 2.24) is 5.32 Å². The second-order valence-electron chi connectivity index (χ2n) is 6.49. The number of fused-ring (bicyclic) bond motifs is 1. The number of aryl methyl sites for hydroxylation is 2. The van der Waals surface area contributed by atoms with Crippen LogP contribution in [-0.2, 0) is 0 Å². The second kappa shape index (κ2) is 7.65. The van der Waals surface area contributed by atoms with E-state index in [-0.39, 0.29) is 11.9 Å². The number of carbonyl (C=O) groups is 1. The van der Waals surface area contributed by atoms with Gasteiger partial charge < -0.3 is 14.5 Å². The van der Waals surface area contributed by atoms with Gasteiger partial charge in [0, 0.05) is 10.9 Å². The molecule has 0 saturated heterocycles. The van der Waals surface area contributed by atoms with Gasteiger partial charge in [0.1, 0.15) is 11.3 Å². The molecule has 0 radical (unpaired) electrons. The molecule has 136 valence electrons. The Labute approximate surface area is 154 Å². The van der Waals surface area contributed by atoms with Crippen LogP contribution >= 0.6 is 0 Å². The standard InChI is InChI=1S/C22H25NO3/c1-5-19(16-9-7-14(3)8-10-16)23-22(24)21-15(4)18-13-17(25-6-2)11-12-20(18)26-21/h7-13,19H,5-6H2,1-4H3,(H,23,24)/t19-/m0/s1. The molecular weight excluding hydrogens is 326 g/mol. The van der Waals surface area contributed by atoms with Gasteiger partial charge in [-0.15, -0.1) is 0 Å². The fourth-order valence-corrected chi connectivity index (χ4v) is 3.12. The van der Waals surface area contributed by atoms with Crippen LogP contribution in [0.5, 0.6) is 5.75 Å². The molecule has 1 aromatic heterocycles. The minimum Gasteiger partial charge on any atom is -0.494 e. The molecular formula is C22H25NO3. The lowest BCUT2D eigenvalue weighted by molar-refractivity contribution is 0.0909. The second-order valence-corrected chi connectivity index (χ2v) is 6.49. The highest BCUT2D eigenvalue weighted by molar-refractivity contribution is 5.99. The summed E-state index contributed by atoms with van der Waals surface area (Å²) >= 11 is 0. The molecule has 1 amide bonds. The zero-order valence-corrected chi connectivity index (χ0v) is 15.8. The summed E-state index contributed by atoms with van der Waals surface area (Å²) in [4.78, 5) is 12.8. The predicted octanol–water partition coefficient (Wildman–Crippen LogP) is 5.33. The van der Waals surface area contributed by atoms with Crippen LogP contribution in [0.2, 0.25) is 0 Å². The molecule has 0 aliphatic rings. The lowest BCUT2D eigenvalue weighted by Gasteiger charge is -2.17. The van der Waals surface area contributed by atoms with Crippen LogP contribution in [0, 0.1) is 13.8 Å². The minimum atomic E-state index is -0.191. The highest BCUT2D eigenvalue weighted by atomic mass is 16.5. The Morgan fingerprint density at radius 2 is 1.85 bits per heavy atom. The number of furan rings is 1. The average Bonchev–Trinajstić information content (AvgIpc) is 2.97. The third-order valence-corrected chi connectivity index (χ3v) is 4.62. The molecule has 3 aromatic rings. The molecule has 0 saturated carbocycles. The van der Waals surface area contributed by atoms with Gasteiger partial charge in [-0.25, -0.2) is 0 Å². The van der Waals surface area contributed by atoms with Crippen molar-refractivity contribution in [2.24, 2.45) is 0 Å². The van der Waals surface area contributed by atoms with Gasteiger partial charge in [-0.2, -0.15) is 0 Å². The summed E-state index contributed by atoms with van der Waals surface area (Å²) in [6.07, 6.45) is 0.808. The first-order valence-electron chi connectivity index (χ1n) is 9.06. The summed E-state index contributed by atoms with van der Waals surface area (Å²) in [5, 5.41) is 4.00. The van der Waals surface area contributed by atoms with Gasteiger partial charge in [0.25, 0.3) is 5.91 Å². The maximum absolute atomic E-state index is 12.8. The van der Waals surface area contributed by atoms with Crippen LogP contribution in [0.15, 0.2) is 46.9 Å². The summed E-state index contributed by atoms with van der Waals surface area (Å²) in [5.41, 5.74) is 3.82. The molecule has 0 fully saturated rings. The molecule has 0 spiro atoms. The van der Waals surface area contributed by atoms with Crippen LogP contribution in [0.25, 0.3) is 11.0 Å². The van der Waals surface area contributed by atoms with Crippen LogP contribution in [-0.4, -0.2) is 12.5 Å². The Balaban J connectivity index is 1.86. The summed E-state index contributed by atoms with van der Waals surface area (Å²) < 4.78 is 11.4. The number of amides is 1. The number of ether oxygens (including phenoxy) is 1. The summed E-state index contributed by atoms with van der Waals surface area (Å²) in [6.45, 7) is 8.57. The quantitative estimate of drug-likeness (QED) is 0.653. The fourth-order valence-electron chi connectivity index (χ4n) is 3.12. The third kappa shape index (κ3) is 3.59. The van der Waals surface area contributed by atoms with Crippen molar-refractivity contribution in [3.05, 3.63) is 64.9 Å². The zero-order chi connectivity index (χ0) is 18.7. The van der Waals surface area contributed by atoms with E-state index in [0.29, 0.717) is 18.0 Å². The van der Waals surface area contributed by atoms with E-state index < -0.39 is 0 Å². The SMILES string of the molecule is CCOc1ccc2oc(C(=O)N[C@@H](CC)c3ccc(C)cc3)c(C)c2c1. The Bertz CT molecular complexity index is 909. The normalized spacial score (nSPS) is 12.2. The molecule has 3 rings (SSSR count). The van der Waals surface area contributed by atoms with E-state index in [4.69, 9.17) is 9.15 Å². The topological polar surface area (TPSA) is 51.5 Å². The molecule has 2 aromatic carbocycles. The van der Waals surface area contributed by atoms with E-state index in [0.717, 1.165) is 28.7 Å².